The van der Waals surface area contributed by atoms with Crippen molar-refractivity contribution in [1.82, 2.24) is 20.6 Å². The van der Waals surface area contributed by atoms with Gasteiger partial charge in [0.1, 0.15) is 11.5 Å². The fourth-order valence-electron chi connectivity index (χ4n) is 2.89. The monoisotopic (exact) mass is 420 g/mol. The normalized spacial score (nSPS) is 11.6. The minimum atomic E-state index is -0.111. The van der Waals surface area contributed by atoms with Gasteiger partial charge in [0.2, 0.25) is 11.0 Å². The number of rotatable bonds is 6. The molecule has 0 bridgehead atoms. The Hall–Kier alpha value is -3.72. The van der Waals surface area contributed by atoms with Crippen LogP contribution >= 0.6 is 11.3 Å². The Balaban J connectivity index is 1.41. The maximum atomic E-state index is 11.0. The van der Waals surface area contributed by atoms with Gasteiger partial charge in [-0.05, 0) is 23.8 Å². The number of nitrogens with one attached hydrogen (secondary N) is 2. The third kappa shape index (κ3) is 4.64. The second kappa shape index (κ2) is 8.75. The number of furan rings is 1. The lowest BCUT2D eigenvalue weighted by Crippen LogP contribution is -2.30. The van der Waals surface area contributed by atoms with E-state index in [4.69, 9.17) is 10.2 Å². The number of pyridine rings is 1. The zero-order valence-electron chi connectivity index (χ0n) is 16.3. The summed E-state index contributed by atoms with van der Waals surface area (Å²) in [7, 11) is 0. The first-order valence-electron chi connectivity index (χ1n) is 9.28. The van der Waals surface area contributed by atoms with Crippen molar-refractivity contribution in [2.45, 2.75) is 20.0 Å². The molecule has 0 unspecified atom stereocenters. The summed E-state index contributed by atoms with van der Waals surface area (Å²) >= 11 is 1.36. The van der Waals surface area contributed by atoms with E-state index in [2.05, 4.69) is 25.6 Å². The van der Waals surface area contributed by atoms with Crippen LogP contribution in [0.5, 0.6) is 0 Å². The molecule has 0 aliphatic heterocycles. The number of nitrogens with two attached hydrogens (primary N) is 1. The Morgan fingerprint density at radius 3 is 2.90 bits per heavy atom. The molecule has 4 aromatic rings. The minimum Gasteiger partial charge on any atom is -0.458 e. The number of nitrogens with zero attached hydrogens (tertiary/aromatic N) is 3. The Kier molecular flexibility index (Phi) is 5.71. The van der Waals surface area contributed by atoms with Crippen LogP contribution in [-0.2, 0) is 17.9 Å². The Labute approximate surface area is 176 Å². The number of guanidine groups is 1. The number of aliphatic imine (C=N–C) groups is 1. The number of para-hydroxylation sites is 1. The summed E-state index contributed by atoms with van der Waals surface area (Å²) in [6.45, 7) is 2.31. The number of aromatic nitrogens is 2. The minimum absolute atomic E-state index is 0.111. The first-order chi connectivity index (χ1) is 14.6. The molecule has 1 aromatic carbocycles. The number of thiazole rings is 1. The van der Waals surface area contributed by atoms with E-state index in [9.17, 15) is 4.79 Å². The first kappa shape index (κ1) is 19.6. The summed E-state index contributed by atoms with van der Waals surface area (Å²) in [5.74, 6) is 1.43. The average molecular weight is 420 g/mol. The largest absolute Gasteiger partial charge is 0.458 e. The Morgan fingerprint density at radius 1 is 1.17 bits per heavy atom. The number of benzene rings is 1. The highest BCUT2D eigenvalue weighted by Crippen LogP contribution is 2.28. The van der Waals surface area contributed by atoms with Crippen molar-refractivity contribution in [3.63, 3.8) is 0 Å². The summed E-state index contributed by atoms with van der Waals surface area (Å²) in [6, 6.07) is 13.6. The van der Waals surface area contributed by atoms with Gasteiger partial charge in [0.25, 0.3) is 0 Å². The first-order valence-corrected chi connectivity index (χ1v) is 10.2. The molecule has 0 atom stereocenters. The molecule has 0 aliphatic rings. The van der Waals surface area contributed by atoms with Crippen LogP contribution < -0.4 is 16.4 Å². The van der Waals surface area contributed by atoms with Crippen LogP contribution in [0.2, 0.25) is 0 Å². The van der Waals surface area contributed by atoms with Gasteiger partial charge in [-0.1, -0.05) is 24.3 Å². The van der Waals surface area contributed by atoms with E-state index in [0.717, 1.165) is 16.5 Å². The molecule has 0 fully saturated rings. The lowest BCUT2D eigenvalue weighted by Gasteiger charge is -2.07. The van der Waals surface area contributed by atoms with Crippen LogP contribution in [0.25, 0.3) is 22.4 Å². The zero-order chi connectivity index (χ0) is 20.9. The average Bonchev–Trinajstić information content (AvgIpc) is 3.40. The van der Waals surface area contributed by atoms with Crippen LogP contribution in [0, 0.1) is 0 Å². The van der Waals surface area contributed by atoms with Gasteiger partial charge < -0.3 is 20.8 Å². The van der Waals surface area contributed by atoms with Crippen LogP contribution in [0.4, 0.5) is 5.13 Å². The van der Waals surface area contributed by atoms with Gasteiger partial charge in [-0.15, -0.1) is 11.3 Å². The van der Waals surface area contributed by atoms with E-state index in [-0.39, 0.29) is 11.9 Å². The summed E-state index contributed by atoms with van der Waals surface area (Å²) in [5.41, 5.74) is 8.68. The highest BCUT2D eigenvalue weighted by Gasteiger charge is 2.10. The standard InChI is InChI=1S/C21H20N6O2S/c1-13(28)24-11-16-7-8-18(29-16)17-12-30-21(26-17)27-20(22)25-10-15-5-2-4-14-6-3-9-23-19(14)15/h2-9,12H,10-11H2,1H3,(H,24,28)(H3,22,25,26,27). The molecule has 4 rings (SSSR count). The van der Waals surface area contributed by atoms with E-state index < -0.39 is 0 Å². The van der Waals surface area contributed by atoms with Crippen LogP contribution in [0.3, 0.4) is 0 Å². The smallest absolute Gasteiger partial charge is 0.217 e. The third-order valence-corrected chi connectivity index (χ3v) is 5.04. The number of fused-ring (bicyclic) bond motifs is 1. The molecule has 0 saturated carbocycles. The maximum Gasteiger partial charge on any atom is 0.217 e. The van der Waals surface area contributed by atoms with E-state index in [1.807, 2.05) is 47.8 Å². The van der Waals surface area contributed by atoms with Gasteiger partial charge in [0.15, 0.2) is 11.7 Å². The highest BCUT2D eigenvalue weighted by molar-refractivity contribution is 7.13. The molecule has 8 nitrogen and oxygen atoms in total. The van der Waals surface area contributed by atoms with Gasteiger partial charge in [-0.2, -0.15) is 4.99 Å². The highest BCUT2D eigenvalue weighted by atomic mass is 32.1. The molecule has 0 saturated heterocycles. The second-order valence-corrected chi connectivity index (χ2v) is 7.37. The quantitative estimate of drug-likeness (QED) is 0.325. The van der Waals surface area contributed by atoms with Crippen molar-refractivity contribution in [3.05, 3.63) is 65.4 Å². The number of amides is 1. The Morgan fingerprint density at radius 2 is 2.03 bits per heavy atom. The molecule has 4 N–H and O–H groups in total. The predicted octanol–water partition coefficient (Wildman–Crippen LogP) is 3.32. The second-order valence-electron chi connectivity index (χ2n) is 6.53. The lowest BCUT2D eigenvalue weighted by atomic mass is 10.1. The molecular weight excluding hydrogens is 400 g/mol. The maximum absolute atomic E-state index is 11.0. The summed E-state index contributed by atoms with van der Waals surface area (Å²) < 4.78 is 5.71. The van der Waals surface area contributed by atoms with Crippen LogP contribution in [0.1, 0.15) is 18.2 Å². The van der Waals surface area contributed by atoms with Gasteiger partial charge >= 0.3 is 0 Å². The Bertz CT molecular complexity index is 1210. The van der Waals surface area contributed by atoms with Crippen molar-refractivity contribution >= 4 is 39.2 Å². The van der Waals surface area contributed by atoms with E-state index >= 15 is 0 Å². The zero-order valence-corrected chi connectivity index (χ0v) is 17.1. The fourth-order valence-corrected chi connectivity index (χ4v) is 3.58. The molecule has 1 amide bonds. The van der Waals surface area contributed by atoms with Crippen molar-refractivity contribution in [3.8, 4) is 11.5 Å². The summed E-state index contributed by atoms with van der Waals surface area (Å²) in [5, 5.41) is 9.25. The van der Waals surface area contributed by atoms with Gasteiger partial charge in [0.05, 0.1) is 12.1 Å². The molecule has 0 radical (unpaired) electrons. The number of hydrogen-bond donors (Lipinski definition) is 3. The molecule has 9 heteroatoms. The van der Waals surface area contributed by atoms with Crippen molar-refractivity contribution in [2.75, 3.05) is 0 Å². The number of carbonyl (C=O) groups is 1. The predicted molar refractivity (Wildman–Crippen MR) is 117 cm³/mol. The van der Waals surface area contributed by atoms with Gasteiger partial charge in [-0.25, -0.2) is 4.98 Å². The van der Waals surface area contributed by atoms with Gasteiger partial charge in [0, 0.05) is 30.4 Å². The number of hydrogen-bond acceptors (Lipinski definition) is 6. The van der Waals surface area contributed by atoms with E-state index in [0.29, 0.717) is 35.4 Å². The molecular formula is C21H20N6O2S. The third-order valence-electron chi connectivity index (χ3n) is 4.31. The fraction of sp³-hybridized carbons (Fsp3) is 0.143. The topological polar surface area (TPSA) is 118 Å². The summed E-state index contributed by atoms with van der Waals surface area (Å²) in [4.78, 5) is 24.2. The molecule has 3 heterocycles. The van der Waals surface area contributed by atoms with Crippen molar-refractivity contribution < 1.29 is 9.21 Å². The molecule has 0 spiro atoms. The molecule has 3 aromatic heterocycles. The van der Waals surface area contributed by atoms with Crippen molar-refractivity contribution in [1.29, 1.82) is 0 Å². The summed E-state index contributed by atoms with van der Waals surface area (Å²) in [6.07, 6.45) is 1.77. The lowest BCUT2D eigenvalue weighted by molar-refractivity contribution is -0.119. The molecule has 30 heavy (non-hydrogen) atoms. The van der Waals surface area contributed by atoms with Crippen molar-refractivity contribution in [2.24, 2.45) is 10.7 Å². The molecule has 152 valence electrons. The van der Waals surface area contributed by atoms with E-state index in [1.165, 1.54) is 18.3 Å². The van der Waals surface area contributed by atoms with E-state index in [1.54, 1.807) is 6.20 Å². The van der Waals surface area contributed by atoms with Crippen LogP contribution in [0.15, 0.2) is 63.5 Å². The molecule has 0 aliphatic carbocycles. The number of carbonyl (C=O) groups excluding carboxylic acids is 1. The van der Waals surface area contributed by atoms with Gasteiger partial charge in [-0.3, -0.25) is 9.78 Å². The SMILES string of the molecule is CC(=O)NCc1ccc(-c2csc(/N=C(\N)NCc3cccc4cccnc34)n2)o1. The van der Waals surface area contributed by atoms with Crippen LogP contribution in [-0.4, -0.2) is 21.8 Å².